The summed E-state index contributed by atoms with van der Waals surface area (Å²) in [6.07, 6.45) is 1.85. The molecule has 0 saturated carbocycles. The Bertz CT molecular complexity index is 604. The molecule has 2 rings (SSSR count). The van der Waals surface area contributed by atoms with E-state index in [4.69, 9.17) is 5.26 Å². The Morgan fingerprint density at radius 3 is 2.43 bits per heavy atom. The highest BCUT2D eigenvalue weighted by Gasteiger charge is 2.04. The molecule has 2 N–H and O–H groups in total. The van der Waals surface area contributed by atoms with E-state index in [1.165, 1.54) is 0 Å². The molecule has 1 aromatic carbocycles. The molecule has 2 aromatic rings. The summed E-state index contributed by atoms with van der Waals surface area (Å²) in [6, 6.07) is 11.3. The molecule has 0 radical (unpaired) electrons. The van der Waals surface area contributed by atoms with Crippen molar-refractivity contribution in [2.45, 2.75) is 26.7 Å². The molecule has 5 heteroatoms. The van der Waals surface area contributed by atoms with Crippen molar-refractivity contribution >= 4 is 17.3 Å². The largest absolute Gasteiger partial charge is 0.370 e. The fraction of sp³-hybridized carbons (Fsp3) is 0.312. The number of aryl methyl sites for hydroxylation is 1. The van der Waals surface area contributed by atoms with Gasteiger partial charge in [-0.05, 0) is 37.6 Å². The van der Waals surface area contributed by atoms with Crippen LogP contribution in [0.5, 0.6) is 0 Å². The van der Waals surface area contributed by atoms with Crippen LogP contribution in [-0.4, -0.2) is 16.5 Å². The third-order valence-electron chi connectivity index (χ3n) is 2.89. The van der Waals surface area contributed by atoms with Gasteiger partial charge in [0.15, 0.2) is 0 Å². The van der Waals surface area contributed by atoms with Gasteiger partial charge in [-0.3, -0.25) is 0 Å². The van der Waals surface area contributed by atoms with Crippen molar-refractivity contribution in [2.24, 2.45) is 0 Å². The molecular formula is C16H19N5. The highest BCUT2D eigenvalue weighted by Crippen LogP contribution is 2.18. The van der Waals surface area contributed by atoms with Gasteiger partial charge in [0.2, 0.25) is 0 Å². The predicted octanol–water partition coefficient (Wildman–Crippen LogP) is 3.48. The van der Waals surface area contributed by atoms with Crippen LogP contribution >= 0.6 is 0 Å². The highest BCUT2D eigenvalue weighted by atomic mass is 15.1. The van der Waals surface area contributed by atoms with Crippen LogP contribution in [0.4, 0.5) is 17.3 Å². The Morgan fingerprint density at radius 2 is 1.81 bits per heavy atom. The zero-order valence-corrected chi connectivity index (χ0v) is 12.3. The average molecular weight is 281 g/mol. The summed E-state index contributed by atoms with van der Waals surface area (Å²) >= 11 is 0. The van der Waals surface area contributed by atoms with Crippen molar-refractivity contribution in [3.05, 3.63) is 41.7 Å². The normalized spacial score (nSPS) is 9.95. The Morgan fingerprint density at radius 1 is 1.10 bits per heavy atom. The van der Waals surface area contributed by atoms with Crippen LogP contribution in [0, 0.1) is 11.3 Å². The minimum atomic E-state index is 0.642. The molecule has 0 fully saturated rings. The van der Waals surface area contributed by atoms with Gasteiger partial charge in [0.05, 0.1) is 11.6 Å². The first-order valence-corrected chi connectivity index (χ1v) is 7.14. The van der Waals surface area contributed by atoms with Gasteiger partial charge in [-0.25, -0.2) is 9.97 Å². The average Bonchev–Trinajstić information content (AvgIpc) is 2.48. The fourth-order valence-corrected chi connectivity index (χ4v) is 1.94. The molecule has 108 valence electrons. The van der Waals surface area contributed by atoms with Gasteiger partial charge < -0.3 is 10.6 Å². The summed E-state index contributed by atoms with van der Waals surface area (Å²) in [4.78, 5) is 8.99. The smallest absolute Gasteiger partial charge is 0.136 e. The van der Waals surface area contributed by atoms with Crippen molar-refractivity contribution in [3.8, 4) is 6.07 Å². The summed E-state index contributed by atoms with van der Waals surface area (Å²) in [5.74, 6) is 2.41. The number of nitriles is 1. The maximum Gasteiger partial charge on any atom is 0.136 e. The lowest BCUT2D eigenvalue weighted by molar-refractivity contribution is 0.837. The van der Waals surface area contributed by atoms with Crippen LogP contribution in [0.25, 0.3) is 0 Å². The number of nitrogens with one attached hydrogen (secondary N) is 2. The van der Waals surface area contributed by atoms with Gasteiger partial charge in [-0.15, -0.1) is 0 Å². The molecule has 0 aliphatic rings. The topological polar surface area (TPSA) is 73.6 Å². The number of benzene rings is 1. The second kappa shape index (κ2) is 7.25. The number of hydrogen-bond acceptors (Lipinski definition) is 5. The molecule has 0 aliphatic heterocycles. The number of nitrogens with zero attached hydrogens (tertiary/aromatic N) is 3. The molecular weight excluding hydrogens is 262 g/mol. The SMILES string of the molecule is CCCc1nc(NCC)cc(Nc2ccc(C#N)cc2)n1. The van der Waals surface area contributed by atoms with Crippen molar-refractivity contribution in [1.29, 1.82) is 5.26 Å². The Balaban J connectivity index is 2.22. The summed E-state index contributed by atoms with van der Waals surface area (Å²) in [6.45, 7) is 4.96. The molecule has 0 atom stereocenters. The molecule has 5 nitrogen and oxygen atoms in total. The van der Waals surface area contributed by atoms with Crippen LogP contribution in [0.2, 0.25) is 0 Å². The number of hydrogen-bond donors (Lipinski definition) is 2. The molecule has 0 bridgehead atoms. The lowest BCUT2D eigenvalue weighted by Crippen LogP contribution is -2.06. The van der Waals surface area contributed by atoms with E-state index in [1.807, 2.05) is 25.1 Å². The van der Waals surface area contributed by atoms with Crippen LogP contribution in [-0.2, 0) is 6.42 Å². The van der Waals surface area contributed by atoms with Gasteiger partial charge >= 0.3 is 0 Å². The minimum Gasteiger partial charge on any atom is -0.370 e. The molecule has 1 heterocycles. The first-order chi connectivity index (χ1) is 10.2. The van der Waals surface area contributed by atoms with E-state index in [0.29, 0.717) is 5.56 Å². The van der Waals surface area contributed by atoms with E-state index in [9.17, 15) is 0 Å². The minimum absolute atomic E-state index is 0.642. The summed E-state index contributed by atoms with van der Waals surface area (Å²) in [5.41, 5.74) is 1.54. The molecule has 0 aliphatic carbocycles. The number of anilines is 3. The van der Waals surface area contributed by atoms with Gasteiger partial charge in [0.25, 0.3) is 0 Å². The van der Waals surface area contributed by atoms with E-state index in [0.717, 1.165) is 42.5 Å². The van der Waals surface area contributed by atoms with Crippen molar-refractivity contribution < 1.29 is 0 Å². The maximum atomic E-state index is 8.81. The Kier molecular flexibility index (Phi) is 5.10. The van der Waals surface area contributed by atoms with Crippen molar-refractivity contribution in [2.75, 3.05) is 17.2 Å². The fourth-order valence-electron chi connectivity index (χ4n) is 1.94. The van der Waals surface area contributed by atoms with Gasteiger partial charge in [0.1, 0.15) is 17.5 Å². The van der Waals surface area contributed by atoms with Crippen LogP contribution in [0.15, 0.2) is 30.3 Å². The summed E-state index contributed by atoms with van der Waals surface area (Å²) < 4.78 is 0. The molecule has 21 heavy (non-hydrogen) atoms. The second-order valence-corrected chi connectivity index (χ2v) is 4.65. The summed E-state index contributed by atoms with van der Waals surface area (Å²) in [7, 11) is 0. The third-order valence-corrected chi connectivity index (χ3v) is 2.89. The Labute approximate surface area is 125 Å². The maximum absolute atomic E-state index is 8.81. The monoisotopic (exact) mass is 281 g/mol. The first kappa shape index (κ1) is 14.8. The van der Waals surface area contributed by atoms with Crippen molar-refractivity contribution in [3.63, 3.8) is 0 Å². The van der Waals surface area contributed by atoms with Gasteiger partial charge in [-0.1, -0.05) is 6.92 Å². The van der Waals surface area contributed by atoms with Gasteiger partial charge in [0, 0.05) is 24.7 Å². The van der Waals surface area contributed by atoms with E-state index in [-0.39, 0.29) is 0 Å². The summed E-state index contributed by atoms with van der Waals surface area (Å²) in [5, 5.41) is 15.3. The first-order valence-electron chi connectivity index (χ1n) is 7.14. The van der Waals surface area contributed by atoms with Crippen LogP contribution in [0.3, 0.4) is 0 Å². The lowest BCUT2D eigenvalue weighted by atomic mass is 10.2. The second-order valence-electron chi connectivity index (χ2n) is 4.65. The standard InChI is InChI=1S/C16H19N5/c1-3-5-14-20-15(18-4-2)10-16(21-14)19-13-8-6-12(11-17)7-9-13/h6-10H,3-5H2,1-2H3,(H2,18,19,20,21). The van der Waals surface area contributed by atoms with E-state index < -0.39 is 0 Å². The zero-order chi connectivity index (χ0) is 15.1. The quantitative estimate of drug-likeness (QED) is 0.848. The molecule has 0 amide bonds. The van der Waals surface area contributed by atoms with E-state index in [2.05, 4.69) is 33.6 Å². The Hall–Kier alpha value is -2.61. The molecule has 0 saturated heterocycles. The van der Waals surface area contributed by atoms with E-state index >= 15 is 0 Å². The lowest BCUT2D eigenvalue weighted by Gasteiger charge is -2.10. The molecule has 0 spiro atoms. The van der Waals surface area contributed by atoms with Crippen LogP contribution < -0.4 is 10.6 Å². The zero-order valence-electron chi connectivity index (χ0n) is 12.3. The van der Waals surface area contributed by atoms with E-state index in [1.54, 1.807) is 12.1 Å². The highest BCUT2D eigenvalue weighted by molar-refractivity contribution is 5.60. The van der Waals surface area contributed by atoms with Crippen molar-refractivity contribution in [1.82, 2.24) is 9.97 Å². The third kappa shape index (κ3) is 4.18. The molecule has 1 aromatic heterocycles. The van der Waals surface area contributed by atoms with Gasteiger partial charge in [-0.2, -0.15) is 5.26 Å². The number of rotatable bonds is 6. The number of aromatic nitrogens is 2. The molecule has 0 unspecified atom stereocenters. The van der Waals surface area contributed by atoms with Crippen LogP contribution in [0.1, 0.15) is 31.7 Å². The predicted molar refractivity (Wildman–Crippen MR) is 84.6 cm³/mol.